The van der Waals surface area contributed by atoms with E-state index in [0.717, 1.165) is 39.1 Å². The highest BCUT2D eigenvalue weighted by Gasteiger charge is 2.43. The van der Waals surface area contributed by atoms with Crippen LogP contribution in [0.25, 0.3) is 0 Å². The van der Waals surface area contributed by atoms with Gasteiger partial charge in [0.05, 0.1) is 12.2 Å². The van der Waals surface area contributed by atoms with Crippen molar-refractivity contribution in [2.75, 3.05) is 19.8 Å². The minimum Gasteiger partial charge on any atom is -0.378 e. The Bertz CT molecular complexity index is 458. The van der Waals surface area contributed by atoms with Crippen LogP contribution in [0.2, 0.25) is 0 Å². The average molecular weight is 276 g/mol. The molecule has 1 aromatic rings. The molecule has 0 aromatic heterocycles. The van der Waals surface area contributed by atoms with Crippen molar-refractivity contribution >= 4 is 0 Å². The van der Waals surface area contributed by atoms with Crippen molar-refractivity contribution in [3.8, 4) is 0 Å². The van der Waals surface area contributed by atoms with Gasteiger partial charge < -0.3 is 9.47 Å². The topological polar surface area (TPSA) is 56.5 Å². The van der Waals surface area contributed by atoms with Gasteiger partial charge in [0, 0.05) is 25.7 Å². The van der Waals surface area contributed by atoms with Crippen molar-refractivity contribution in [1.29, 1.82) is 0 Å². The first kappa shape index (κ1) is 14.0. The number of hydrazine groups is 1. The summed E-state index contributed by atoms with van der Waals surface area (Å²) in [5.41, 5.74) is 5.50. The molecule has 1 aromatic carbocycles. The second-order valence-corrected chi connectivity index (χ2v) is 6.15. The van der Waals surface area contributed by atoms with E-state index in [1.165, 1.54) is 11.1 Å². The lowest BCUT2D eigenvalue weighted by Gasteiger charge is -2.40. The van der Waals surface area contributed by atoms with Crippen molar-refractivity contribution < 1.29 is 9.47 Å². The Hall–Kier alpha value is -0.940. The molecular weight excluding hydrogens is 252 g/mol. The molecule has 0 amide bonds. The van der Waals surface area contributed by atoms with Crippen LogP contribution in [-0.2, 0) is 9.47 Å². The van der Waals surface area contributed by atoms with Crippen LogP contribution < -0.4 is 11.3 Å². The molecule has 3 rings (SSSR count). The summed E-state index contributed by atoms with van der Waals surface area (Å²) < 4.78 is 11.6. The third-order valence-electron chi connectivity index (χ3n) is 4.65. The fraction of sp³-hybridized carbons (Fsp3) is 0.625. The van der Waals surface area contributed by atoms with Crippen LogP contribution in [0.5, 0.6) is 0 Å². The maximum atomic E-state index is 6.02. The smallest absolute Gasteiger partial charge is 0.0940 e. The van der Waals surface area contributed by atoms with Gasteiger partial charge in [-0.2, -0.15) is 0 Å². The van der Waals surface area contributed by atoms with E-state index in [0.29, 0.717) is 5.92 Å². The molecule has 0 aliphatic carbocycles. The summed E-state index contributed by atoms with van der Waals surface area (Å²) in [4.78, 5) is 0. The zero-order valence-electron chi connectivity index (χ0n) is 12.1. The quantitative estimate of drug-likeness (QED) is 0.655. The Balaban J connectivity index is 1.78. The minimum atomic E-state index is -0.0676. The van der Waals surface area contributed by atoms with Gasteiger partial charge in [-0.25, -0.2) is 0 Å². The number of nitrogens with one attached hydrogen (secondary N) is 1. The Kier molecular flexibility index (Phi) is 4.08. The van der Waals surface area contributed by atoms with Crippen LogP contribution in [-0.4, -0.2) is 25.4 Å². The number of nitrogens with two attached hydrogens (primary N) is 1. The maximum absolute atomic E-state index is 6.02. The third-order valence-corrected chi connectivity index (χ3v) is 4.65. The van der Waals surface area contributed by atoms with Crippen LogP contribution in [0.4, 0.5) is 0 Å². The number of rotatable bonds is 3. The van der Waals surface area contributed by atoms with Crippen molar-refractivity contribution in [2.45, 2.75) is 37.8 Å². The molecule has 1 spiro atoms. The van der Waals surface area contributed by atoms with E-state index in [1.54, 1.807) is 0 Å². The van der Waals surface area contributed by atoms with Gasteiger partial charge in [-0.05, 0) is 31.2 Å². The molecule has 4 nitrogen and oxygen atoms in total. The number of benzene rings is 1. The summed E-state index contributed by atoms with van der Waals surface area (Å²) >= 11 is 0. The van der Waals surface area contributed by atoms with Crippen LogP contribution in [0.1, 0.15) is 36.4 Å². The molecule has 2 aliphatic heterocycles. The van der Waals surface area contributed by atoms with E-state index in [4.69, 9.17) is 15.3 Å². The van der Waals surface area contributed by atoms with Gasteiger partial charge >= 0.3 is 0 Å². The van der Waals surface area contributed by atoms with Crippen molar-refractivity contribution in [3.05, 3.63) is 35.4 Å². The Morgan fingerprint density at radius 3 is 3.00 bits per heavy atom. The molecule has 2 heterocycles. The largest absolute Gasteiger partial charge is 0.378 e. The Morgan fingerprint density at radius 1 is 1.40 bits per heavy atom. The molecule has 3 N–H and O–H groups in total. The Labute approximate surface area is 120 Å². The zero-order valence-corrected chi connectivity index (χ0v) is 12.1. The predicted octanol–water partition coefficient (Wildman–Crippen LogP) is 2.09. The molecule has 0 bridgehead atoms. The summed E-state index contributed by atoms with van der Waals surface area (Å²) in [5.74, 6) is 6.35. The van der Waals surface area contributed by atoms with Crippen molar-refractivity contribution in [1.82, 2.24) is 5.43 Å². The highest BCUT2D eigenvalue weighted by atomic mass is 16.6. The highest BCUT2D eigenvalue weighted by Crippen LogP contribution is 2.40. The van der Waals surface area contributed by atoms with Crippen molar-refractivity contribution in [2.24, 2.45) is 11.8 Å². The van der Waals surface area contributed by atoms with Crippen LogP contribution >= 0.6 is 0 Å². The molecule has 0 saturated carbocycles. The molecule has 3 atom stereocenters. The molecule has 4 heteroatoms. The lowest BCUT2D eigenvalue weighted by molar-refractivity contribution is -0.103. The molecule has 2 aliphatic rings. The lowest BCUT2D eigenvalue weighted by Crippen LogP contribution is -2.45. The second kappa shape index (κ2) is 5.82. The zero-order chi connectivity index (χ0) is 14.0. The molecular formula is C16H24N2O2. The van der Waals surface area contributed by atoms with E-state index in [9.17, 15) is 0 Å². The van der Waals surface area contributed by atoms with E-state index < -0.39 is 0 Å². The first-order valence-electron chi connectivity index (χ1n) is 7.47. The summed E-state index contributed by atoms with van der Waals surface area (Å²) in [6.45, 7) is 4.47. The molecule has 2 fully saturated rings. The molecule has 3 unspecified atom stereocenters. The SMILES string of the molecule is Cc1cccc(C(NN)C2CCOC3(CCOC3)C2)c1. The fourth-order valence-corrected chi connectivity index (χ4v) is 3.58. The van der Waals surface area contributed by atoms with E-state index in [2.05, 4.69) is 36.6 Å². The summed E-state index contributed by atoms with van der Waals surface area (Å²) in [5, 5.41) is 0. The highest BCUT2D eigenvalue weighted by molar-refractivity contribution is 5.25. The Morgan fingerprint density at radius 2 is 2.30 bits per heavy atom. The number of hydrogen-bond donors (Lipinski definition) is 2. The number of hydrogen-bond acceptors (Lipinski definition) is 4. The summed E-state index contributed by atoms with van der Waals surface area (Å²) in [7, 11) is 0. The summed E-state index contributed by atoms with van der Waals surface area (Å²) in [6, 6.07) is 8.79. The second-order valence-electron chi connectivity index (χ2n) is 6.15. The maximum Gasteiger partial charge on any atom is 0.0940 e. The van der Waals surface area contributed by atoms with Gasteiger partial charge in [-0.15, -0.1) is 0 Å². The molecule has 0 radical (unpaired) electrons. The normalized spacial score (nSPS) is 31.6. The monoisotopic (exact) mass is 276 g/mol. The summed E-state index contributed by atoms with van der Waals surface area (Å²) in [6.07, 6.45) is 3.08. The van der Waals surface area contributed by atoms with Crippen LogP contribution in [0.3, 0.4) is 0 Å². The van der Waals surface area contributed by atoms with Gasteiger partial charge in [0.15, 0.2) is 0 Å². The predicted molar refractivity (Wildman–Crippen MR) is 78.1 cm³/mol. The van der Waals surface area contributed by atoms with Gasteiger partial charge in [0.25, 0.3) is 0 Å². The number of aryl methyl sites for hydroxylation is 1. The van der Waals surface area contributed by atoms with Gasteiger partial charge in [0.1, 0.15) is 0 Å². The third kappa shape index (κ3) is 2.74. The molecule has 20 heavy (non-hydrogen) atoms. The first-order valence-corrected chi connectivity index (χ1v) is 7.47. The lowest BCUT2D eigenvalue weighted by atomic mass is 9.79. The first-order chi connectivity index (χ1) is 9.72. The standard InChI is InChI=1S/C16H24N2O2/c1-12-3-2-4-13(9-12)15(18-17)14-5-7-20-16(10-14)6-8-19-11-16/h2-4,9,14-15,18H,5-8,10-11,17H2,1H3. The van der Waals surface area contributed by atoms with Crippen LogP contribution in [0, 0.1) is 12.8 Å². The van der Waals surface area contributed by atoms with Gasteiger partial charge in [-0.3, -0.25) is 11.3 Å². The van der Waals surface area contributed by atoms with Crippen molar-refractivity contribution in [3.63, 3.8) is 0 Å². The van der Waals surface area contributed by atoms with Gasteiger partial charge in [-0.1, -0.05) is 29.8 Å². The molecule has 110 valence electrons. The van der Waals surface area contributed by atoms with Crippen LogP contribution in [0.15, 0.2) is 24.3 Å². The number of ether oxygens (including phenoxy) is 2. The molecule has 2 saturated heterocycles. The van der Waals surface area contributed by atoms with E-state index in [-0.39, 0.29) is 11.6 Å². The minimum absolute atomic E-state index is 0.0676. The van der Waals surface area contributed by atoms with Gasteiger partial charge in [0.2, 0.25) is 0 Å². The van der Waals surface area contributed by atoms with E-state index >= 15 is 0 Å². The van der Waals surface area contributed by atoms with E-state index in [1.807, 2.05) is 0 Å². The average Bonchev–Trinajstić information content (AvgIpc) is 2.88. The fourth-order valence-electron chi connectivity index (χ4n) is 3.58.